The second-order valence-corrected chi connectivity index (χ2v) is 2.86. The molecule has 0 radical (unpaired) electrons. The zero-order valence-electron chi connectivity index (χ0n) is 7.24. The Morgan fingerprint density at radius 1 is 1.64 bits per heavy atom. The molecule has 0 saturated heterocycles. The summed E-state index contributed by atoms with van der Waals surface area (Å²) < 4.78 is 6.89. The Labute approximate surface area is 67.0 Å². The van der Waals surface area contributed by atoms with Gasteiger partial charge in [0.1, 0.15) is 0 Å². The van der Waals surface area contributed by atoms with Crippen LogP contribution >= 0.6 is 0 Å². The van der Waals surface area contributed by atoms with E-state index in [-0.39, 0.29) is 0 Å². The lowest BCUT2D eigenvalue weighted by molar-refractivity contribution is 0.185. The molecule has 0 unspecified atom stereocenters. The quantitative estimate of drug-likeness (QED) is 0.661. The van der Waals surface area contributed by atoms with Gasteiger partial charge in [-0.25, -0.2) is 0 Å². The van der Waals surface area contributed by atoms with E-state index in [0.29, 0.717) is 12.6 Å². The van der Waals surface area contributed by atoms with Crippen molar-refractivity contribution in [3.8, 4) is 0 Å². The van der Waals surface area contributed by atoms with Crippen molar-refractivity contribution in [2.45, 2.75) is 26.5 Å². The minimum absolute atomic E-state index is 0.431. The minimum atomic E-state index is 0.431. The van der Waals surface area contributed by atoms with Crippen LogP contribution in [0.15, 0.2) is 12.4 Å². The summed E-state index contributed by atoms with van der Waals surface area (Å²) in [4.78, 5) is 0. The van der Waals surface area contributed by atoms with Crippen molar-refractivity contribution in [2.24, 2.45) is 0 Å². The van der Waals surface area contributed by atoms with Crippen LogP contribution in [-0.4, -0.2) is 16.9 Å². The van der Waals surface area contributed by atoms with E-state index >= 15 is 0 Å². The Morgan fingerprint density at radius 3 is 2.82 bits per heavy atom. The topological polar surface area (TPSA) is 27.1 Å². The van der Waals surface area contributed by atoms with Crippen LogP contribution in [-0.2, 0) is 11.3 Å². The standard InChI is InChI=1S/C8H14N2O/c1-7(2)10-5-8(4-9-10)6-11-3/h4-5,7H,6H2,1-3H3. The Hall–Kier alpha value is -0.830. The fraction of sp³-hybridized carbons (Fsp3) is 0.625. The highest BCUT2D eigenvalue weighted by Crippen LogP contribution is 2.05. The van der Waals surface area contributed by atoms with E-state index < -0.39 is 0 Å². The maximum Gasteiger partial charge on any atom is 0.0743 e. The van der Waals surface area contributed by atoms with Gasteiger partial charge in [-0.1, -0.05) is 0 Å². The van der Waals surface area contributed by atoms with Crippen molar-refractivity contribution in [1.82, 2.24) is 9.78 Å². The maximum absolute atomic E-state index is 4.97. The van der Waals surface area contributed by atoms with Crippen molar-refractivity contribution in [1.29, 1.82) is 0 Å². The number of rotatable bonds is 3. The smallest absolute Gasteiger partial charge is 0.0743 e. The molecule has 1 aromatic rings. The molecule has 11 heavy (non-hydrogen) atoms. The highest BCUT2D eigenvalue weighted by Gasteiger charge is 1.99. The monoisotopic (exact) mass is 154 g/mol. The number of nitrogens with zero attached hydrogens (tertiary/aromatic N) is 2. The SMILES string of the molecule is COCc1cnn(C(C)C)c1. The number of ether oxygens (including phenoxy) is 1. The molecule has 62 valence electrons. The van der Waals surface area contributed by atoms with Gasteiger partial charge in [-0.05, 0) is 13.8 Å². The molecular weight excluding hydrogens is 140 g/mol. The van der Waals surface area contributed by atoms with Crippen molar-refractivity contribution in [3.05, 3.63) is 18.0 Å². The molecular formula is C8H14N2O. The average Bonchev–Trinajstić information content (AvgIpc) is 2.37. The maximum atomic E-state index is 4.97. The summed E-state index contributed by atoms with van der Waals surface area (Å²) in [6, 6.07) is 0.431. The summed E-state index contributed by atoms with van der Waals surface area (Å²) >= 11 is 0. The van der Waals surface area contributed by atoms with Gasteiger partial charge in [-0.15, -0.1) is 0 Å². The molecule has 1 aromatic heterocycles. The lowest BCUT2D eigenvalue weighted by atomic mass is 10.4. The highest BCUT2D eigenvalue weighted by atomic mass is 16.5. The largest absolute Gasteiger partial charge is 0.380 e. The molecule has 0 aliphatic carbocycles. The van der Waals surface area contributed by atoms with E-state index in [2.05, 4.69) is 18.9 Å². The summed E-state index contributed by atoms with van der Waals surface area (Å²) in [6.07, 6.45) is 3.84. The van der Waals surface area contributed by atoms with Crippen molar-refractivity contribution in [3.63, 3.8) is 0 Å². The van der Waals surface area contributed by atoms with E-state index in [1.165, 1.54) is 0 Å². The summed E-state index contributed by atoms with van der Waals surface area (Å²) in [6.45, 7) is 4.85. The molecule has 0 spiro atoms. The number of aromatic nitrogens is 2. The second kappa shape index (κ2) is 3.53. The van der Waals surface area contributed by atoms with E-state index in [9.17, 15) is 0 Å². The third-order valence-corrected chi connectivity index (χ3v) is 1.50. The molecule has 0 N–H and O–H groups in total. The van der Waals surface area contributed by atoms with Crippen LogP contribution < -0.4 is 0 Å². The Kier molecular flexibility index (Phi) is 2.65. The lowest BCUT2D eigenvalue weighted by Gasteiger charge is -2.02. The third kappa shape index (κ3) is 2.05. The van der Waals surface area contributed by atoms with Crippen molar-refractivity contribution < 1.29 is 4.74 Å². The number of hydrogen-bond acceptors (Lipinski definition) is 2. The predicted molar refractivity (Wildman–Crippen MR) is 43.3 cm³/mol. The summed E-state index contributed by atoms with van der Waals surface area (Å²) in [7, 11) is 1.69. The normalized spacial score (nSPS) is 10.9. The zero-order chi connectivity index (χ0) is 8.27. The molecule has 0 bridgehead atoms. The molecule has 0 amide bonds. The summed E-state index contributed by atoms with van der Waals surface area (Å²) in [5.74, 6) is 0. The molecule has 3 nitrogen and oxygen atoms in total. The minimum Gasteiger partial charge on any atom is -0.380 e. The van der Waals surface area contributed by atoms with E-state index in [0.717, 1.165) is 5.56 Å². The fourth-order valence-corrected chi connectivity index (χ4v) is 0.901. The van der Waals surface area contributed by atoms with E-state index in [4.69, 9.17) is 4.74 Å². The Morgan fingerprint density at radius 2 is 2.36 bits per heavy atom. The molecule has 0 aliphatic rings. The van der Waals surface area contributed by atoms with Crippen LogP contribution in [0.4, 0.5) is 0 Å². The van der Waals surface area contributed by atoms with Crippen molar-refractivity contribution in [2.75, 3.05) is 7.11 Å². The molecule has 1 heterocycles. The van der Waals surface area contributed by atoms with Gasteiger partial charge >= 0.3 is 0 Å². The second-order valence-electron chi connectivity index (χ2n) is 2.86. The lowest BCUT2D eigenvalue weighted by Crippen LogP contribution is -1.99. The Bertz CT molecular complexity index is 218. The first kappa shape index (κ1) is 8.27. The molecule has 0 aromatic carbocycles. The first-order valence-corrected chi connectivity index (χ1v) is 3.76. The zero-order valence-corrected chi connectivity index (χ0v) is 7.24. The third-order valence-electron chi connectivity index (χ3n) is 1.50. The average molecular weight is 154 g/mol. The van der Waals surface area contributed by atoms with Crippen LogP contribution in [0.25, 0.3) is 0 Å². The highest BCUT2D eigenvalue weighted by molar-refractivity contribution is 5.02. The van der Waals surface area contributed by atoms with Gasteiger partial charge in [0.2, 0.25) is 0 Å². The predicted octanol–water partition coefficient (Wildman–Crippen LogP) is 1.61. The Balaban J connectivity index is 2.66. The first-order chi connectivity index (χ1) is 5.24. The van der Waals surface area contributed by atoms with Gasteiger partial charge in [-0.3, -0.25) is 4.68 Å². The molecule has 0 aliphatic heterocycles. The van der Waals surface area contributed by atoms with Gasteiger partial charge in [0.05, 0.1) is 12.8 Å². The number of methoxy groups -OCH3 is 1. The van der Waals surface area contributed by atoms with Gasteiger partial charge < -0.3 is 4.74 Å². The summed E-state index contributed by atoms with van der Waals surface area (Å²) in [5, 5.41) is 4.17. The van der Waals surface area contributed by atoms with Gasteiger partial charge in [0.15, 0.2) is 0 Å². The van der Waals surface area contributed by atoms with Crippen LogP contribution in [0.5, 0.6) is 0 Å². The first-order valence-electron chi connectivity index (χ1n) is 3.76. The molecule has 0 atom stereocenters. The van der Waals surface area contributed by atoms with Gasteiger partial charge in [0, 0.05) is 24.9 Å². The molecule has 0 fully saturated rings. The van der Waals surface area contributed by atoms with Crippen LogP contribution in [0.1, 0.15) is 25.5 Å². The van der Waals surface area contributed by atoms with Crippen LogP contribution in [0.3, 0.4) is 0 Å². The fourth-order valence-electron chi connectivity index (χ4n) is 0.901. The van der Waals surface area contributed by atoms with Gasteiger partial charge in [-0.2, -0.15) is 5.10 Å². The van der Waals surface area contributed by atoms with E-state index in [1.54, 1.807) is 7.11 Å². The number of hydrogen-bond donors (Lipinski definition) is 0. The molecule has 3 heteroatoms. The molecule has 0 saturated carbocycles. The van der Waals surface area contributed by atoms with Crippen LogP contribution in [0.2, 0.25) is 0 Å². The molecule has 1 rings (SSSR count). The van der Waals surface area contributed by atoms with Crippen LogP contribution in [0, 0.1) is 0 Å². The summed E-state index contributed by atoms with van der Waals surface area (Å²) in [5.41, 5.74) is 1.13. The van der Waals surface area contributed by atoms with Crippen molar-refractivity contribution >= 4 is 0 Å². The van der Waals surface area contributed by atoms with E-state index in [1.807, 2.05) is 17.1 Å². The van der Waals surface area contributed by atoms with Gasteiger partial charge in [0.25, 0.3) is 0 Å².